The number of aromatic carboxylic acids is 1. The summed E-state index contributed by atoms with van der Waals surface area (Å²) in [6, 6.07) is 5.86. The van der Waals surface area contributed by atoms with Crippen molar-refractivity contribution in [2.24, 2.45) is 13.0 Å². The highest BCUT2D eigenvalue weighted by atomic mass is 16.4. The third-order valence-electron chi connectivity index (χ3n) is 4.86. The maximum absolute atomic E-state index is 11.3. The third-order valence-corrected chi connectivity index (χ3v) is 4.86. The monoisotopic (exact) mass is 297 g/mol. The molecule has 0 spiro atoms. The lowest BCUT2D eigenvalue weighted by molar-refractivity contribution is 0.0697. The van der Waals surface area contributed by atoms with Crippen LogP contribution in [-0.4, -0.2) is 25.4 Å². The molecule has 2 atom stereocenters. The normalized spacial score (nSPS) is 21.9. The zero-order valence-corrected chi connectivity index (χ0v) is 12.8. The first-order chi connectivity index (χ1) is 10.5. The lowest BCUT2D eigenvalue weighted by atomic mass is 10.1. The van der Waals surface area contributed by atoms with Crippen LogP contribution >= 0.6 is 0 Å². The number of aromatic nitrogens is 3. The van der Waals surface area contributed by atoms with E-state index in [1.165, 1.54) is 19.3 Å². The van der Waals surface area contributed by atoms with E-state index in [0.29, 0.717) is 11.6 Å². The minimum absolute atomic E-state index is 0.317. The van der Waals surface area contributed by atoms with E-state index >= 15 is 0 Å². The van der Waals surface area contributed by atoms with Gasteiger partial charge in [0.1, 0.15) is 5.52 Å². The fourth-order valence-electron chi connectivity index (χ4n) is 3.85. The highest BCUT2D eigenvalue weighted by molar-refractivity contribution is 6.08. The standard InChI is InChI=1S/C17H19N3O2/c1-10-3-5-12(7-10)20-14-6-4-11(17(21)22)8-13(14)16-15(20)9-19(2)18-16/h4,6,8-10,12H,3,5,7H2,1-2H3,(H,21,22)/t10-,12-/m1/s1. The van der Waals surface area contributed by atoms with Gasteiger partial charge in [-0.1, -0.05) is 6.92 Å². The van der Waals surface area contributed by atoms with Crippen LogP contribution in [0.3, 0.4) is 0 Å². The molecule has 114 valence electrons. The molecule has 22 heavy (non-hydrogen) atoms. The van der Waals surface area contributed by atoms with Crippen molar-refractivity contribution in [2.75, 3.05) is 0 Å². The van der Waals surface area contributed by atoms with Crippen molar-refractivity contribution in [3.8, 4) is 0 Å². The summed E-state index contributed by atoms with van der Waals surface area (Å²) in [6.07, 6.45) is 5.64. The lowest BCUT2D eigenvalue weighted by Crippen LogP contribution is -2.05. The molecule has 0 unspecified atom stereocenters. The Bertz CT molecular complexity index is 890. The van der Waals surface area contributed by atoms with E-state index in [1.807, 2.05) is 24.0 Å². The number of fused-ring (bicyclic) bond motifs is 3. The lowest BCUT2D eigenvalue weighted by Gasteiger charge is -2.15. The SMILES string of the molecule is C[C@@H]1CC[C@@H](n2c3ccc(C(=O)O)cc3c3nn(C)cc32)C1. The molecular weight excluding hydrogens is 278 g/mol. The van der Waals surface area contributed by atoms with E-state index in [2.05, 4.69) is 16.6 Å². The van der Waals surface area contributed by atoms with Crippen molar-refractivity contribution < 1.29 is 9.90 Å². The van der Waals surface area contributed by atoms with E-state index in [9.17, 15) is 9.90 Å². The summed E-state index contributed by atoms with van der Waals surface area (Å²) in [5.41, 5.74) is 3.43. The average Bonchev–Trinajstić information content (AvgIpc) is 3.12. The number of carbonyl (C=O) groups is 1. The zero-order valence-electron chi connectivity index (χ0n) is 12.8. The molecular formula is C17H19N3O2. The van der Waals surface area contributed by atoms with Crippen molar-refractivity contribution in [3.05, 3.63) is 30.0 Å². The molecule has 0 bridgehead atoms. The van der Waals surface area contributed by atoms with Crippen LogP contribution in [0.15, 0.2) is 24.4 Å². The summed E-state index contributed by atoms with van der Waals surface area (Å²) in [5.74, 6) is -0.152. The van der Waals surface area contributed by atoms with Crippen molar-refractivity contribution in [1.29, 1.82) is 0 Å². The first-order valence-electron chi connectivity index (χ1n) is 7.75. The van der Waals surface area contributed by atoms with E-state index in [1.54, 1.807) is 12.1 Å². The summed E-state index contributed by atoms with van der Waals surface area (Å²) < 4.78 is 4.18. The van der Waals surface area contributed by atoms with Gasteiger partial charge in [-0.3, -0.25) is 4.68 Å². The number of benzene rings is 1. The maximum atomic E-state index is 11.3. The molecule has 0 aliphatic heterocycles. The molecule has 5 nitrogen and oxygen atoms in total. The highest BCUT2D eigenvalue weighted by Crippen LogP contribution is 2.40. The Kier molecular flexibility index (Phi) is 2.79. The number of aryl methyl sites for hydroxylation is 1. The van der Waals surface area contributed by atoms with Gasteiger partial charge in [-0.05, 0) is 43.4 Å². The zero-order chi connectivity index (χ0) is 15.4. The first-order valence-corrected chi connectivity index (χ1v) is 7.75. The van der Waals surface area contributed by atoms with Gasteiger partial charge in [0.05, 0.1) is 16.6 Å². The Morgan fingerprint density at radius 3 is 2.82 bits per heavy atom. The Hall–Kier alpha value is -2.30. The van der Waals surface area contributed by atoms with Crippen molar-refractivity contribution in [3.63, 3.8) is 0 Å². The minimum Gasteiger partial charge on any atom is -0.478 e. The second-order valence-electron chi connectivity index (χ2n) is 6.52. The number of carboxylic acids is 1. The molecule has 0 saturated heterocycles. The van der Waals surface area contributed by atoms with Gasteiger partial charge in [0.15, 0.2) is 0 Å². The van der Waals surface area contributed by atoms with Crippen LogP contribution in [0, 0.1) is 5.92 Å². The molecule has 3 aromatic rings. The molecule has 5 heteroatoms. The predicted octanol–water partition coefficient (Wildman–Crippen LogP) is 3.59. The molecule has 2 aromatic heterocycles. The third kappa shape index (κ3) is 1.85. The van der Waals surface area contributed by atoms with Gasteiger partial charge in [0, 0.05) is 24.7 Å². The number of hydrogen-bond donors (Lipinski definition) is 1. The molecule has 0 amide bonds. The van der Waals surface area contributed by atoms with Crippen molar-refractivity contribution in [1.82, 2.24) is 14.3 Å². The summed E-state index contributed by atoms with van der Waals surface area (Å²) in [7, 11) is 1.91. The molecule has 1 aromatic carbocycles. The van der Waals surface area contributed by atoms with Crippen LogP contribution in [0.5, 0.6) is 0 Å². The van der Waals surface area contributed by atoms with Crippen LogP contribution in [0.2, 0.25) is 0 Å². The van der Waals surface area contributed by atoms with Crippen LogP contribution in [0.1, 0.15) is 42.6 Å². The second-order valence-corrected chi connectivity index (χ2v) is 6.52. The Morgan fingerprint density at radius 2 is 2.14 bits per heavy atom. The first kappa shape index (κ1) is 13.4. The molecule has 1 saturated carbocycles. The van der Waals surface area contributed by atoms with E-state index in [4.69, 9.17) is 0 Å². The van der Waals surface area contributed by atoms with Gasteiger partial charge in [-0.15, -0.1) is 0 Å². The van der Waals surface area contributed by atoms with Crippen LogP contribution in [-0.2, 0) is 7.05 Å². The average molecular weight is 297 g/mol. The van der Waals surface area contributed by atoms with Crippen molar-refractivity contribution in [2.45, 2.75) is 32.2 Å². The summed E-state index contributed by atoms with van der Waals surface area (Å²) in [4.78, 5) is 11.3. The quantitative estimate of drug-likeness (QED) is 0.786. The second kappa shape index (κ2) is 4.60. The van der Waals surface area contributed by atoms with Gasteiger partial charge in [-0.25, -0.2) is 4.79 Å². The van der Waals surface area contributed by atoms with E-state index in [0.717, 1.165) is 27.9 Å². The molecule has 1 aliphatic rings. The molecule has 2 heterocycles. The van der Waals surface area contributed by atoms with Crippen molar-refractivity contribution >= 4 is 27.9 Å². The number of hydrogen-bond acceptors (Lipinski definition) is 2. The number of carboxylic acid groups (broad SMARTS) is 1. The van der Waals surface area contributed by atoms with Gasteiger partial charge in [0.25, 0.3) is 0 Å². The van der Waals surface area contributed by atoms with Gasteiger partial charge in [0.2, 0.25) is 0 Å². The summed E-state index contributed by atoms with van der Waals surface area (Å²) >= 11 is 0. The highest BCUT2D eigenvalue weighted by Gasteiger charge is 2.27. The van der Waals surface area contributed by atoms with Crippen LogP contribution in [0.25, 0.3) is 21.9 Å². The maximum Gasteiger partial charge on any atom is 0.335 e. The molecule has 1 aliphatic carbocycles. The molecule has 0 radical (unpaired) electrons. The topological polar surface area (TPSA) is 60.1 Å². The number of rotatable bonds is 2. The number of nitrogens with zero attached hydrogens (tertiary/aromatic N) is 3. The van der Waals surface area contributed by atoms with Crippen LogP contribution in [0.4, 0.5) is 0 Å². The predicted molar refractivity (Wildman–Crippen MR) is 85.2 cm³/mol. The Morgan fingerprint density at radius 1 is 1.32 bits per heavy atom. The fourth-order valence-corrected chi connectivity index (χ4v) is 3.85. The molecule has 1 N–H and O–H groups in total. The minimum atomic E-state index is -0.895. The summed E-state index contributed by atoms with van der Waals surface area (Å²) in [6.45, 7) is 2.30. The summed E-state index contributed by atoms with van der Waals surface area (Å²) in [5, 5.41) is 14.7. The van der Waals surface area contributed by atoms with Gasteiger partial charge >= 0.3 is 5.97 Å². The smallest absolute Gasteiger partial charge is 0.335 e. The van der Waals surface area contributed by atoms with Crippen LogP contribution < -0.4 is 0 Å². The molecule has 1 fully saturated rings. The largest absolute Gasteiger partial charge is 0.478 e. The van der Waals surface area contributed by atoms with E-state index in [-0.39, 0.29) is 0 Å². The van der Waals surface area contributed by atoms with Gasteiger partial charge < -0.3 is 9.67 Å². The Balaban J connectivity index is 2.02. The van der Waals surface area contributed by atoms with Gasteiger partial charge in [-0.2, -0.15) is 5.10 Å². The molecule has 4 rings (SSSR count). The Labute approximate surface area is 128 Å². The fraction of sp³-hybridized carbons (Fsp3) is 0.412. The van der Waals surface area contributed by atoms with E-state index < -0.39 is 5.97 Å².